The highest BCUT2D eigenvalue weighted by Gasteiger charge is 2.32. The molecule has 0 radical (unpaired) electrons. The van der Waals surface area contributed by atoms with E-state index in [2.05, 4.69) is 15.4 Å². The number of anilines is 1. The highest BCUT2D eigenvalue weighted by Crippen LogP contribution is 2.40. The first kappa shape index (κ1) is 30.1. The number of aryl methyl sites for hydroxylation is 2. The van der Waals surface area contributed by atoms with E-state index in [1.165, 1.54) is 0 Å². The second-order valence-corrected chi connectivity index (χ2v) is 11.3. The lowest BCUT2D eigenvalue weighted by molar-refractivity contribution is -0.128. The van der Waals surface area contributed by atoms with Crippen molar-refractivity contribution in [2.75, 3.05) is 51.2 Å². The number of amides is 1. The molecule has 2 aromatic rings. The molecule has 0 unspecified atom stereocenters. The average Bonchev–Trinajstić information content (AvgIpc) is 3.40. The number of benzene rings is 1. The number of nitrogens with zero attached hydrogens (tertiary/aromatic N) is 6. The lowest BCUT2D eigenvalue weighted by Crippen LogP contribution is -2.48. The number of carbonyl (C=O) groups is 1. The molecule has 5 rings (SSSR count). The van der Waals surface area contributed by atoms with Crippen LogP contribution in [0, 0.1) is 0 Å². The van der Waals surface area contributed by atoms with Crippen LogP contribution in [0.5, 0.6) is 0 Å². The minimum atomic E-state index is -2.67. The number of alkyl halides is 4. The lowest BCUT2D eigenvalue weighted by Gasteiger charge is -2.39. The summed E-state index contributed by atoms with van der Waals surface area (Å²) in [6, 6.07) is 3.56. The van der Waals surface area contributed by atoms with Crippen LogP contribution in [0.25, 0.3) is 11.1 Å². The molecule has 3 aliphatic rings. The number of aromatic nitrogens is 2. The molecular formula is C30H39F4N7O. The maximum atomic E-state index is 14.4. The van der Waals surface area contributed by atoms with E-state index >= 15 is 0 Å². The molecule has 4 heterocycles. The molecule has 1 N–H and O–H groups in total. The van der Waals surface area contributed by atoms with Gasteiger partial charge in [0.25, 0.3) is 12.9 Å². The van der Waals surface area contributed by atoms with Crippen molar-refractivity contribution in [3.63, 3.8) is 0 Å². The molecule has 1 aromatic heterocycles. The Bertz CT molecular complexity index is 1350. The summed E-state index contributed by atoms with van der Waals surface area (Å²) < 4.78 is 56.2. The molecule has 42 heavy (non-hydrogen) atoms. The van der Waals surface area contributed by atoms with Crippen LogP contribution < -0.4 is 10.2 Å². The summed E-state index contributed by atoms with van der Waals surface area (Å²) in [5.74, 6) is 0.622. The molecule has 1 amide bonds. The Morgan fingerprint density at radius 2 is 1.88 bits per heavy atom. The van der Waals surface area contributed by atoms with Gasteiger partial charge in [-0.3, -0.25) is 19.4 Å². The summed E-state index contributed by atoms with van der Waals surface area (Å²) in [5, 5.41) is 7.85. The summed E-state index contributed by atoms with van der Waals surface area (Å²) >= 11 is 0. The van der Waals surface area contributed by atoms with Crippen molar-refractivity contribution in [3.8, 4) is 11.1 Å². The van der Waals surface area contributed by atoms with Crippen LogP contribution in [0.4, 0.5) is 23.2 Å². The molecule has 0 bridgehead atoms. The van der Waals surface area contributed by atoms with Gasteiger partial charge in [0.1, 0.15) is 5.84 Å². The van der Waals surface area contributed by atoms with Crippen molar-refractivity contribution in [2.45, 2.75) is 57.9 Å². The summed E-state index contributed by atoms with van der Waals surface area (Å²) in [4.78, 5) is 22.7. The third kappa shape index (κ3) is 6.48. The lowest BCUT2D eigenvalue weighted by atomic mass is 9.92. The number of hydrogen-bond donors (Lipinski definition) is 1. The van der Waals surface area contributed by atoms with Crippen molar-refractivity contribution >= 4 is 17.4 Å². The first-order valence-corrected chi connectivity index (χ1v) is 14.6. The van der Waals surface area contributed by atoms with Crippen LogP contribution in [-0.4, -0.2) is 90.1 Å². The Kier molecular flexibility index (Phi) is 9.19. The monoisotopic (exact) mass is 589 g/mol. The van der Waals surface area contributed by atoms with Gasteiger partial charge in [0, 0.05) is 93.9 Å². The zero-order chi connectivity index (χ0) is 30.0. The van der Waals surface area contributed by atoms with E-state index in [0.29, 0.717) is 61.8 Å². The Morgan fingerprint density at radius 1 is 1.12 bits per heavy atom. The normalized spacial score (nSPS) is 19.2. The van der Waals surface area contributed by atoms with E-state index in [4.69, 9.17) is 0 Å². The summed E-state index contributed by atoms with van der Waals surface area (Å²) in [5.41, 5.74) is 4.60. The van der Waals surface area contributed by atoms with Gasteiger partial charge in [0.2, 0.25) is 5.91 Å². The minimum absolute atomic E-state index is 0.0394. The van der Waals surface area contributed by atoms with E-state index < -0.39 is 12.9 Å². The quantitative estimate of drug-likeness (QED) is 0.290. The number of amidine groups is 1. The van der Waals surface area contributed by atoms with Gasteiger partial charge >= 0.3 is 0 Å². The number of halogens is 4. The van der Waals surface area contributed by atoms with Crippen LogP contribution in [0.2, 0.25) is 0 Å². The molecular weight excluding hydrogens is 550 g/mol. The van der Waals surface area contributed by atoms with Crippen LogP contribution >= 0.6 is 0 Å². The number of fused-ring (bicyclic) bond motifs is 1. The first-order chi connectivity index (χ1) is 20.1. The van der Waals surface area contributed by atoms with E-state index in [9.17, 15) is 22.4 Å². The van der Waals surface area contributed by atoms with Gasteiger partial charge in [0.15, 0.2) is 0 Å². The number of hydrogen-bond acceptors (Lipinski definition) is 5. The third-order valence-corrected chi connectivity index (χ3v) is 8.51. The predicted octanol–water partition coefficient (Wildman–Crippen LogP) is 4.63. The maximum Gasteiger partial charge on any atom is 0.264 e. The van der Waals surface area contributed by atoms with Crippen LogP contribution in [-0.2, 0) is 18.3 Å². The topological polar surface area (TPSA) is 69.0 Å². The number of rotatable bonds is 7. The Balaban J connectivity index is 1.48. The highest BCUT2D eigenvalue weighted by molar-refractivity contribution is 6.11. The van der Waals surface area contributed by atoms with Crippen molar-refractivity contribution in [1.29, 1.82) is 0 Å². The van der Waals surface area contributed by atoms with Gasteiger partial charge in [-0.15, -0.1) is 0 Å². The van der Waals surface area contributed by atoms with Crippen molar-refractivity contribution < 1.29 is 22.4 Å². The smallest absolute Gasteiger partial charge is 0.264 e. The summed E-state index contributed by atoms with van der Waals surface area (Å²) in [6.45, 7) is 4.04. The molecule has 8 nitrogen and oxygen atoms in total. The molecule has 1 aromatic carbocycles. The summed E-state index contributed by atoms with van der Waals surface area (Å²) in [7, 11) is 3.46. The largest absolute Gasteiger partial charge is 0.385 e. The average molecular weight is 590 g/mol. The molecule has 1 saturated heterocycles. The fourth-order valence-electron chi connectivity index (χ4n) is 6.38. The molecule has 3 aliphatic heterocycles. The molecule has 12 heteroatoms. The van der Waals surface area contributed by atoms with Gasteiger partial charge < -0.3 is 15.1 Å². The number of aliphatic imine (C=N–C) groups is 1. The molecule has 0 aliphatic carbocycles. The van der Waals surface area contributed by atoms with Crippen LogP contribution in [0.15, 0.2) is 40.8 Å². The molecule has 0 spiro atoms. The zero-order valence-corrected chi connectivity index (χ0v) is 24.4. The zero-order valence-electron chi connectivity index (χ0n) is 24.4. The van der Waals surface area contributed by atoms with E-state index in [0.717, 1.165) is 42.5 Å². The van der Waals surface area contributed by atoms with Gasteiger partial charge in [-0.2, -0.15) is 5.10 Å². The van der Waals surface area contributed by atoms with Crippen molar-refractivity contribution in [3.05, 3.63) is 46.9 Å². The highest BCUT2D eigenvalue weighted by atomic mass is 19.3. The molecule has 1 fully saturated rings. The second-order valence-electron chi connectivity index (χ2n) is 11.3. The Labute approximate surface area is 244 Å². The van der Waals surface area contributed by atoms with Gasteiger partial charge in [0.05, 0.1) is 19.3 Å². The molecule has 0 atom stereocenters. The van der Waals surface area contributed by atoms with E-state index in [1.54, 1.807) is 54.0 Å². The second kappa shape index (κ2) is 12.8. The van der Waals surface area contributed by atoms with Gasteiger partial charge in [-0.1, -0.05) is 0 Å². The maximum absolute atomic E-state index is 14.4. The van der Waals surface area contributed by atoms with Crippen LogP contribution in [0.1, 0.15) is 50.2 Å². The Morgan fingerprint density at radius 3 is 2.50 bits per heavy atom. The number of nitrogens with one attached hydrogen (secondary N) is 1. The number of piperidine rings is 1. The third-order valence-electron chi connectivity index (χ3n) is 8.51. The fraction of sp³-hybridized carbons (Fsp3) is 0.567. The van der Waals surface area contributed by atoms with Gasteiger partial charge in [-0.05, 0) is 48.9 Å². The Hall–Kier alpha value is -3.41. The number of carbonyl (C=O) groups excluding carboxylic acids is 1. The van der Waals surface area contributed by atoms with E-state index in [-0.39, 0.29) is 24.1 Å². The van der Waals surface area contributed by atoms with E-state index in [1.807, 2.05) is 11.0 Å². The predicted molar refractivity (Wildman–Crippen MR) is 155 cm³/mol. The number of likely N-dealkylation sites (tertiary alicyclic amines) is 1. The van der Waals surface area contributed by atoms with Crippen molar-refractivity contribution in [2.24, 2.45) is 12.0 Å². The molecule has 0 saturated carbocycles. The molecule has 228 valence electrons. The van der Waals surface area contributed by atoms with Crippen LogP contribution in [0.3, 0.4) is 0 Å². The SMILES string of the molecule is CN=C(C1=C(NC2CCN(CC(F)F)CC2)CCN(C(C)=O)C1)N1CCCc2cc(-c3cnn(C)c3)c(C(F)F)cc21. The fourth-order valence-corrected chi connectivity index (χ4v) is 6.38. The summed E-state index contributed by atoms with van der Waals surface area (Å²) in [6.07, 6.45) is 1.97. The van der Waals surface area contributed by atoms with Gasteiger partial charge in [-0.25, -0.2) is 17.6 Å². The standard InChI is InChI=1S/C30H39F4N7O/c1-19(42)40-12-8-26(37-22-6-10-39(11-7-22)18-28(31)32)25(17-40)30(35-2)41-9-4-5-20-13-23(21-15-36-38(3)16-21)24(29(33)34)14-27(20)41/h13-16,22,28-29,37H,4-12,17-18H2,1-3H3. The minimum Gasteiger partial charge on any atom is -0.385 e. The van der Waals surface area contributed by atoms with Crippen molar-refractivity contribution in [1.82, 2.24) is 24.9 Å². The first-order valence-electron chi connectivity index (χ1n) is 14.6.